The van der Waals surface area contributed by atoms with Crippen LogP contribution in [0.2, 0.25) is 10.0 Å². The van der Waals surface area contributed by atoms with E-state index in [1.807, 2.05) is 0 Å². The number of hydrogen-bond donors (Lipinski definition) is 1. The second-order valence-corrected chi connectivity index (χ2v) is 5.41. The van der Waals surface area contributed by atoms with E-state index in [1.165, 1.54) is 0 Å². The largest absolute Gasteiger partial charge is 0.481 e. The monoisotopic (exact) mass is 337 g/mol. The molecule has 0 fully saturated rings. The summed E-state index contributed by atoms with van der Waals surface area (Å²) < 4.78 is 5.51. The Morgan fingerprint density at radius 2 is 2.00 bits per heavy atom. The molecule has 0 bridgehead atoms. The van der Waals surface area contributed by atoms with Gasteiger partial charge in [-0.1, -0.05) is 35.3 Å². The minimum Gasteiger partial charge on any atom is -0.481 e. The Morgan fingerprint density at radius 3 is 2.73 bits per heavy atom. The van der Waals surface area contributed by atoms with Gasteiger partial charge in [0.25, 0.3) is 5.91 Å². The SMILES string of the molecule is C[C@@H](Oc1cccc(C=O)c1)C(=O)Nc1cc(Cl)ccc1Cl. The predicted octanol–water partition coefficient (Wildman–Crippen LogP) is 4.21. The molecule has 2 rings (SSSR count). The lowest BCUT2D eigenvalue weighted by Crippen LogP contribution is -2.30. The first-order chi connectivity index (χ1) is 10.5. The number of nitrogens with one attached hydrogen (secondary N) is 1. The van der Waals surface area contributed by atoms with Crippen molar-refractivity contribution in [2.24, 2.45) is 0 Å². The molecule has 0 spiro atoms. The third-order valence-electron chi connectivity index (χ3n) is 2.86. The Kier molecular flexibility index (Phi) is 5.41. The number of benzene rings is 2. The van der Waals surface area contributed by atoms with E-state index in [0.717, 1.165) is 0 Å². The molecule has 22 heavy (non-hydrogen) atoms. The summed E-state index contributed by atoms with van der Waals surface area (Å²) in [6, 6.07) is 11.3. The number of hydrogen-bond acceptors (Lipinski definition) is 3. The molecule has 1 amide bonds. The van der Waals surface area contributed by atoms with Gasteiger partial charge in [0.1, 0.15) is 12.0 Å². The molecule has 0 heterocycles. The normalized spacial score (nSPS) is 11.6. The standard InChI is InChI=1S/C16H13Cl2NO3/c1-10(22-13-4-2-3-11(7-13)9-20)16(21)19-15-8-12(17)5-6-14(15)18/h2-10H,1H3,(H,19,21)/t10-/m1/s1. The van der Waals surface area contributed by atoms with Gasteiger partial charge in [0, 0.05) is 10.6 Å². The number of carbonyl (C=O) groups excluding carboxylic acids is 2. The molecule has 0 aliphatic heterocycles. The van der Waals surface area contributed by atoms with E-state index in [-0.39, 0.29) is 5.91 Å². The lowest BCUT2D eigenvalue weighted by molar-refractivity contribution is -0.122. The zero-order valence-corrected chi connectivity index (χ0v) is 13.2. The van der Waals surface area contributed by atoms with Crippen molar-refractivity contribution in [3.05, 3.63) is 58.1 Å². The second kappa shape index (κ2) is 7.29. The van der Waals surface area contributed by atoms with Gasteiger partial charge >= 0.3 is 0 Å². The fourth-order valence-corrected chi connectivity index (χ4v) is 2.08. The van der Waals surface area contributed by atoms with Gasteiger partial charge in [-0.2, -0.15) is 0 Å². The van der Waals surface area contributed by atoms with Gasteiger partial charge < -0.3 is 10.1 Å². The molecule has 0 aliphatic rings. The van der Waals surface area contributed by atoms with E-state index in [9.17, 15) is 9.59 Å². The van der Waals surface area contributed by atoms with E-state index in [2.05, 4.69) is 5.32 Å². The summed E-state index contributed by atoms with van der Waals surface area (Å²) in [4.78, 5) is 22.9. The van der Waals surface area contributed by atoms with Gasteiger partial charge in [-0.3, -0.25) is 9.59 Å². The maximum Gasteiger partial charge on any atom is 0.265 e. The predicted molar refractivity (Wildman–Crippen MR) is 87.0 cm³/mol. The average Bonchev–Trinajstić information content (AvgIpc) is 2.51. The van der Waals surface area contributed by atoms with Crippen LogP contribution in [0.5, 0.6) is 5.75 Å². The molecule has 2 aromatic rings. The van der Waals surface area contributed by atoms with Crippen molar-refractivity contribution in [3.63, 3.8) is 0 Å². The minimum atomic E-state index is -0.767. The molecule has 0 radical (unpaired) electrons. The third kappa shape index (κ3) is 4.23. The first-order valence-electron chi connectivity index (χ1n) is 6.47. The quantitative estimate of drug-likeness (QED) is 0.831. The zero-order chi connectivity index (χ0) is 16.1. The summed E-state index contributed by atoms with van der Waals surface area (Å²) >= 11 is 11.9. The number of ether oxygens (including phenoxy) is 1. The number of halogens is 2. The van der Waals surface area contributed by atoms with Crippen LogP contribution in [0.25, 0.3) is 0 Å². The van der Waals surface area contributed by atoms with E-state index >= 15 is 0 Å². The highest BCUT2D eigenvalue weighted by Crippen LogP contribution is 2.25. The lowest BCUT2D eigenvalue weighted by Gasteiger charge is -2.15. The van der Waals surface area contributed by atoms with Crippen molar-refractivity contribution in [1.29, 1.82) is 0 Å². The second-order valence-electron chi connectivity index (χ2n) is 4.56. The van der Waals surface area contributed by atoms with Crippen LogP contribution in [-0.4, -0.2) is 18.3 Å². The fourth-order valence-electron chi connectivity index (χ4n) is 1.75. The Balaban J connectivity index is 2.05. The first-order valence-corrected chi connectivity index (χ1v) is 7.23. The molecule has 114 valence electrons. The number of amides is 1. The van der Waals surface area contributed by atoms with Crippen molar-refractivity contribution >= 4 is 41.1 Å². The topological polar surface area (TPSA) is 55.4 Å². The summed E-state index contributed by atoms with van der Waals surface area (Å²) in [6.07, 6.45) is -0.0551. The first kappa shape index (κ1) is 16.3. The van der Waals surface area contributed by atoms with E-state index < -0.39 is 6.10 Å². The third-order valence-corrected chi connectivity index (χ3v) is 3.43. The van der Waals surface area contributed by atoms with Gasteiger partial charge in [0.05, 0.1) is 10.7 Å². The van der Waals surface area contributed by atoms with Crippen molar-refractivity contribution < 1.29 is 14.3 Å². The molecule has 6 heteroatoms. The summed E-state index contributed by atoms with van der Waals surface area (Å²) in [5.41, 5.74) is 0.888. The van der Waals surface area contributed by atoms with Crippen molar-refractivity contribution in [2.45, 2.75) is 13.0 Å². The van der Waals surface area contributed by atoms with Crippen LogP contribution in [0.1, 0.15) is 17.3 Å². The number of rotatable bonds is 5. The van der Waals surface area contributed by atoms with Gasteiger partial charge in [0.2, 0.25) is 0 Å². The Bertz CT molecular complexity index is 704. The molecule has 0 saturated carbocycles. The van der Waals surface area contributed by atoms with Gasteiger partial charge in [0.15, 0.2) is 6.10 Å². The van der Waals surface area contributed by atoms with Crippen LogP contribution in [0.4, 0.5) is 5.69 Å². The molecule has 1 atom stereocenters. The molecule has 4 nitrogen and oxygen atoms in total. The summed E-state index contributed by atoms with van der Waals surface area (Å²) in [6.45, 7) is 1.60. The summed E-state index contributed by atoms with van der Waals surface area (Å²) in [7, 11) is 0. The minimum absolute atomic E-state index is 0.374. The Hall–Kier alpha value is -2.04. The number of carbonyl (C=O) groups is 2. The Morgan fingerprint density at radius 1 is 1.23 bits per heavy atom. The number of anilines is 1. The summed E-state index contributed by atoms with van der Waals surface area (Å²) in [5.74, 6) is 0.0603. The van der Waals surface area contributed by atoms with Gasteiger partial charge in [-0.05, 0) is 37.3 Å². The molecule has 1 N–H and O–H groups in total. The van der Waals surface area contributed by atoms with Crippen LogP contribution >= 0.6 is 23.2 Å². The summed E-state index contributed by atoms with van der Waals surface area (Å²) in [5, 5.41) is 3.50. The molecule has 0 aliphatic carbocycles. The molecule has 0 aromatic heterocycles. The molecule has 2 aromatic carbocycles. The zero-order valence-electron chi connectivity index (χ0n) is 11.7. The maximum atomic E-state index is 12.1. The fraction of sp³-hybridized carbons (Fsp3) is 0.125. The van der Waals surface area contributed by atoms with Gasteiger partial charge in [-0.25, -0.2) is 0 Å². The van der Waals surface area contributed by atoms with Crippen LogP contribution in [0, 0.1) is 0 Å². The molecule has 0 saturated heterocycles. The van der Waals surface area contributed by atoms with Crippen LogP contribution < -0.4 is 10.1 Å². The molecular formula is C16H13Cl2NO3. The average molecular weight is 338 g/mol. The highest BCUT2D eigenvalue weighted by molar-refractivity contribution is 6.35. The molecular weight excluding hydrogens is 325 g/mol. The maximum absolute atomic E-state index is 12.1. The smallest absolute Gasteiger partial charge is 0.265 e. The van der Waals surface area contributed by atoms with Crippen LogP contribution in [0.3, 0.4) is 0 Å². The van der Waals surface area contributed by atoms with E-state index in [0.29, 0.717) is 33.3 Å². The van der Waals surface area contributed by atoms with E-state index in [4.69, 9.17) is 27.9 Å². The Labute approximate surface area is 138 Å². The van der Waals surface area contributed by atoms with Crippen molar-refractivity contribution in [1.82, 2.24) is 0 Å². The van der Waals surface area contributed by atoms with Gasteiger partial charge in [-0.15, -0.1) is 0 Å². The lowest BCUT2D eigenvalue weighted by atomic mass is 10.2. The molecule has 0 unspecified atom stereocenters. The van der Waals surface area contributed by atoms with Crippen molar-refractivity contribution in [3.8, 4) is 5.75 Å². The highest BCUT2D eigenvalue weighted by Gasteiger charge is 2.16. The van der Waals surface area contributed by atoms with Crippen LogP contribution in [-0.2, 0) is 4.79 Å². The van der Waals surface area contributed by atoms with Crippen molar-refractivity contribution in [2.75, 3.05) is 5.32 Å². The van der Waals surface area contributed by atoms with Crippen LogP contribution in [0.15, 0.2) is 42.5 Å². The number of aldehydes is 1. The highest BCUT2D eigenvalue weighted by atomic mass is 35.5. The van der Waals surface area contributed by atoms with E-state index in [1.54, 1.807) is 49.4 Å².